The van der Waals surface area contributed by atoms with Gasteiger partial charge >= 0.3 is 0 Å². The van der Waals surface area contributed by atoms with Gasteiger partial charge in [0.25, 0.3) is 0 Å². The zero-order valence-electron chi connectivity index (χ0n) is 11.2. The predicted octanol–water partition coefficient (Wildman–Crippen LogP) is 3.41. The number of nitrogens with zero attached hydrogens (tertiary/aromatic N) is 1. The highest BCUT2D eigenvalue weighted by Gasteiger charge is 2.30. The summed E-state index contributed by atoms with van der Waals surface area (Å²) in [7, 11) is 2.06. The molecule has 1 heterocycles. The molecule has 2 heteroatoms. The van der Waals surface area contributed by atoms with E-state index in [2.05, 4.69) is 43.3 Å². The Hall–Kier alpha value is -0.890. The molecule has 2 rings (SSSR count). The SMILES string of the molecule is CNC(c1ccccn1)C1CCC(C)C(C)C1. The number of aromatic nitrogens is 1. The highest BCUT2D eigenvalue weighted by atomic mass is 14.9. The van der Waals surface area contributed by atoms with Crippen LogP contribution in [0.4, 0.5) is 0 Å². The number of hydrogen-bond donors (Lipinski definition) is 1. The van der Waals surface area contributed by atoms with Crippen LogP contribution in [0.1, 0.15) is 44.8 Å². The molecule has 1 aliphatic rings. The van der Waals surface area contributed by atoms with E-state index in [0.29, 0.717) is 6.04 Å². The molecule has 4 atom stereocenters. The van der Waals surface area contributed by atoms with Gasteiger partial charge in [-0.25, -0.2) is 0 Å². The van der Waals surface area contributed by atoms with Crippen LogP contribution in [0.2, 0.25) is 0 Å². The van der Waals surface area contributed by atoms with Crippen LogP contribution in [-0.2, 0) is 0 Å². The summed E-state index contributed by atoms with van der Waals surface area (Å²) in [6, 6.07) is 6.64. The van der Waals surface area contributed by atoms with E-state index in [9.17, 15) is 0 Å². The van der Waals surface area contributed by atoms with E-state index in [0.717, 1.165) is 17.8 Å². The number of pyridine rings is 1. The first-order chi connectivity index (χ1) is 8.22. The molecule has 1 aromatic heterocycles. The molecule has 4 unspecified atom stereocenters. The minimum absolute atomic E-state index is 0.422. The quantitative estimate of drug-likeness (QED) is 0.864. The van der Waals surface area contributed by atoms with Crippen molar-refractivity contribution in [3.8, 4) is 0 Å². The Morgan fingerprint density at radius 2 is 2.06 bits per heavy atom. The fourth-order valence-corrected chi connectivity index (χ4v) is 3.08. The summed E-state index contributed by atoms with van der Waals surface area (Å²) in [6.45, 7) is 4.78. The van der Waals surface area contributed by atoms with Gasteiger partial charge in [0, 0.05) is 6.20 Å². The molecule has 2 nitrogen and oxygen atoms in total. The van der Waals surface area contributed by atoms with E-state index < -0.39 is 0 Å². The van der Waals surface area contributed by atoms with Crippen molar-refractivity contribution >= 4 is 0 Å². The maximum Gasteiger partial charge on any atom is 0.0575 e. The molecule has 0 amide bonds. The summed E-state index contributed by atoms with van der Waals surface area (Å²) >= 11 is 0. The third kappa shape index (κ3) is 2.86. The Morgan fingerprint density at radius 1 is 1.24 bits per heavy atom. The molecule has 1 N–H and O–H groups in total. The van der Waals surface area contributed by atoms with E-state index in [-0.39, 0.29) is 0 Å². The Bertz CT molecular complexity index is 336. The van der Waals surface area contributed by atoms with E-state index >= 15 is 0 Å². The maximum absolute atomic E-state index is 4.51. The van der Waals surface area contributed by atoms with Crippen LogP contribution < -0.4 is 5.32 Å². The summed E-state index contributed by atoms with van der Waals surface area (Å²) in [5.74, 6) is 2.46. The smallest absolute Gasteiger partial charge is 0.0575 e. The van der Waals surface area contributed by atoms with Crippen molar-refractivity contribution in [2.45, 2.75) is 39.2 Å². The maximum atomic E-state index is 4.51. The van der Waals surface area contributed by atoms with Crippen LogP contribution in [0.25, 0.3) is 0 Å². The first-order valence-electron chi connectivity index (χ1n) is 6.80. The van der Waals surface area contributed by atoms with Gasteiger partial charge in [0.05, 0.1) is 11.7 Å². The second-order valence-corrected chi connectivity index (χ2v) is 5.55. The Balaban J connectivity index is 2.09. The summed E-state index contributed by atoms with van der Waals surface area (Å²) in [4.78, 5) is 4.51. The fourth-order valence-electron chi connectivity index (χ4n) is 3.08. The monoisotopic (exact) mass is 232 g/mol. The lowest BCUT2D eigenvalue weighted by atomic mass is 9.72. The summed E-state index contributed by atoms with van der Waals surface area (Å²) in [5, 5.41) is 3.46. The van der Waals surface area contributed by atoms with Crippen molar-refractivity contribution < 1.29 is 0 Å². The molecular weight excluding hydrogens is 208 g/mol. The normalized spacial score (nSPS) is 31.1. The van der Waals surface area contributed by atoms with E-state index in [4.69, 9.17) is 0 Å². The molecule has 94 valence electrons. The third-order valence-electron chi connectivity index (χ3n) is 4.43. The average Bonchev–Trinajstić information content (AvgIpc) is 2.36. The average molecular weight is 232 g/mol. The van der Waals surface area contributed by atoms with Gasteiger partial charge < -0.3 is 5.32 Å². The minimum Gasteiger partial charge on any atom is -0.311 e. The first-order valence-corrected chi connectivity index (χ1v) is 6.80. The van der Waals surface area contributed by atoms with Gasteiger partial charge in [-0.1, -0.05) is 26.3 Å². The zero-order chi connectivity index (χ0) is 12.3. The van der Waals surface area contributed by atoms with Gasteiger partial charge in [-0.15, -0.1) is 0 Å². The molecule has 1 aliphatic carbocycles. The van der Waals surface area contributed by atoms with Crippen LogP contribution in [0.3, 0.4) is 0 Å². The van der Waals surface area contributed by atoms with Gasteiger partial charge in [0.2, 0.25) is 0 Å². The topological polar surface area (TPSA) is 24.9 Å². The molecule has 17 heavy (non-hydrogen) atoms. The molecule has 0 bridgehead atoms. The lowest BCUT2D eigenvalue weighted by Crippen LogP contribution is -2.31. The van der Waals surface area contributed by atoms with Crippen LogP contribution in [-0.4, -0.2) is 12.0 Å². The molecular formula is C15H24N2. The van der Waals surface area contributed by atoms with Gasteiger partial charge in [0.1, 0.15) is 0 Å². The molecule has 0 aliphatic heterocycles. The van der Waals surface area contributed by atoms with Crippen LogP contribution in [0, 0.1) is 17.8 Å². The Labute approximate surface area is 105 Å². The van der Waals surface area contributed by atoms with Gasteiger partial charge in [-0.2, -0.15) is 0 Å². The Morgan fingerprint density at radius 3 is 2.65 bits per heavy atom. The van der Waals surface area contributed by atoms with E-state index in [1.165, 1.54) is 25.0 Å². The molecule has 0 spiro atoms. The summed E-state index contributed by atoms with van der Waals surface area (Å²) in [6.07, 6.45) is 5.90. The number of nitrogens with one attached hydrogen (secondary N) is 1. The van der Waals surface area contributed by atoms with Gasteiger partial charge in [0.15, 0.2) is 0 Å². The van der Waals surface area contributed by atoms with Crippen molar-refractivity contribution in [1.82, 2.24) is 10.3 Å². The highest BCUT2D eigenvalue weighted by Crippen LogP contribution is 2.39. The van der Waals surface area contributed by atoms with Crippen molar-refractivity contribution in [2.24, 2.45) is 17.8 Å². The van der Waals surface area contributed by atoms with Crippen molar-refractivity contribution in [1.29, 1.82) is 0 Å². The predicted molar refractivity (Wildman–Crippen MR) is 71.7 cm³/mol. The molecule has 0 aromatic carbocycles. The number of hydrogen-bond acceptors (Lipinski definition) is 2. The second kappa shape index (κ2) is 5.63. The summed E-state index contributed by atoms with van der Waals surface area (Å²) in [5.41, 5.74) is 1.20. The Kier molecular flexibility index (Phi) is 4.16. The molecule has 0 saturated heterocycles. The van der Waals surface area contributed by atoms with Crippen LogP contribution >= 0.6 is 0 Å². The van der Waals surface area contributed by atoms with Crippen molar-refractivity contribution in [2.75, 3.05) is 7.05 Å². The highest BCUT2D eigenvalue weighted by molar-refractivity contribution is 5.10. The molecule has 1 aromatic rings. The lowest BCUT2D eigenvalue weighted by molar-refractivity contribution is 0.173. The molecule has 1 fully saturated rings. The minimum atomic E-state index is 0.422. The lowest BCUT2D eigenvalue weighted by Gasteiger charge is -2.36. The van der Waals surface area contributed by atoms with Crippen LogP contribution in [0.15, 0.2) is 24.4 Å². The molecule has 1 saturated carbocycles. The zero-order valence-corrected chi connectivity index (χ0v) is 11.2. The third-order valence-corrected chi connectivity index (χ3v) is 4.43. The summed E-state index contributed by atoms with van der Waals surface area (Å²) < 4.78 is 0. The van der Waals surface area contributed by atoms with E-state index in [1.807, 2.05) is 12.3 Å². The van der Waals surface area contributed by atoms with Gasteiger partial charge in [-0.3, -0.25) is 4.98 Å². The molecule has 0 radical (unpaired) electrons. The van der Waals surface area contributed by atoms with Crippen molar-refractivity contribution in [3.63, 3.8) is 0 Å². The van der Waals surface area contributed by atoms with Crippen LogP contribution in [0.5, 0.6) is 0 Å². The largest absolute Gasteiger partial charge is 0.311 e. The van der Waals surface area contributed by atoms with Gasteiger partial charge in [-0.05, 0) is 49.8 Å². The van der Waals surface area contributed by atoms with Crippen molar-refractivity contribution in [3.05, 3.63) is 30.1 Å². The standard InChI is InChI=1S/C15H24N2/c1-11-7-8-13(10-12(11)2)15(16-3)14-6-4-5-9-17-14/h4-6,9,11-13,15-16H,7-8,10H2,1-3H3. The second-order valence-electron chi connectivity index (χ2n) is 5.55. The first kappa shape index (κ1) is 12.6. The fraction of sp³-hybridized carbons (Fsp3) is 0.667. The van der Waals surface area contributed by atoms with E-state index in [1.54, 1.807) is 0 Å². The number of rotatable bonds is 3.